The lowest BCUT2D eigenvalue weighted by Crippen LogP contribution is -2.42. The summed E-state index contributed by atoms with van der Waals surface area (Å²) in [6.45, 7) is 3.01. The third kappa shape index (κ3) is 4.38. The Morgan fingerprint density at radius 2 is 2.05 bits per heavy atom. The summed E-state index contributed by atoms with van der Waals surface area (Å²) in [6, 6.07) is -0.681. The van der Waals surface area contributed by atoms with E-state index in [9.17, 15) is 14.4 Å². The number of urea groups is 1. The first-order valence-electron chi connectivity index (χ1n) is 5.99. The molecule has 0 aromatic carbocycles. The molecular weight excluding hydrogens is 264 g/mol. The van der Waals surface area contributed by atoms with Gasteiger partial charge in [0.25, 0.3) is 0 Å². The van der Waals surface area contributed by atoms with E-state index in [1.807, 2.05) is 0 Å². The van der Waals surface area contributed by atoms with Crippen LogP contribution in [0.3, 0.4) is 0 Å². The van der Waals surface area contributed by atoms with Crippen LogP contribution in [-0.4, -0.2) is 32.6 Å². The van der Waals surface area contributed by atoms with Gasteiger partial charge >= 0.3 is 12.0 Å². The second-order valence-electron chi connectivity index (χ2n) is 5.05. The van der Waals surface area contributed by atoms with Crippen molar-refractivity contribution in [3.05, 3.63) is 18.2 Å². The van der Waals surface area contributed by atoms with Gasteiger partial charge in [-0.15, -0.1) is 0 Å². The van der Waals surface area contributed by atoms with E-state index in [1.54, 1.807) is 24.0 Å². The lowest BCUT2D eigenvalue weighted by atomic mass is 9.89. The monoisotopic (exact) mass is 282 g/mol. The van der Waals surface area contributed by atoms with Crippen LogP contribution in [0.1, 0.15) is 26.1 Å². The topological polar surface area (TPSA) is 113 Å². The molecule has 0 saturated carbocycles. The number of rotatable bonds is 5. The minimum Gasteiger partial charge on any atom is -0.481 e. The largest absolute Gasteiger partial charge is 0.481 e. The Morgan fingerprint density at radius 3 is 2.55 bits per heavy atom. The van der Waals surface area contributed by atoms with Crippen LogP contribution < -0.4 is 10.6 Å². The quantitative estimate of drug-likeness (QED) is 0.716. The van der Waals surface area contributed by atoms with Gasteiger partial charge in [-0.1, -0.05) is 0 Å². The van der Waals surface area contributed by atoms with E-state index in [4.69, 9.17) is 5.11 Å². The molecule has 3 amide bonds. The molecule has 1 heterocycles. The molecule has 0 spiro atoms. The van der Waals surface area contributed by atoms with Crippen LogP contribution in [0.15, 0.2) is 12.4 Å². The Morgan fingerprint density at radius 1 is 1.40 bits per heavy atom. The van der Waals surface area contributed by atoms with Crippen LogP contribution in [0.4, 0.5) is 4.79 Å². The highest BCUT2D eigenvalue weighted by Crippen LogP contribution is 2.19. The Kier molecular flexibility index (Phi) is 4.84. The second kappa shape index (κ2) is 6.18. The normalized spacial score (nSPS) is 10.9. The molecule has 3 N–H and O–H groups in total. The molecule has 8 heteroatoms. The highest BCUT2D eigenvalue weighted by Gasteiger charge is 2.30. The fourth-order valence-electron chi connectivity index (χ4n) is 1.42. The van der Waals surface area contributed by atoms with Crippen molar-refractivity contribution in [3.8, 4) is 0 Å². The number of hydrogen-bond acceptors (Lipinski definition) is 4. The van der Waals surface area contributed by atoms with Crippen molar-refractivity contribution in [2.45, 2.75) is 26.8 Å². The summed E-state index contributed by atoms with van der Waals surface area (Å²) in [7, 11) is 1.78. The number of amides is 3. The Balaban J connectivity index is 2.41. The molecule has 1 aromatic rings. The van der Waals surface area contributed by atoms with Gasteiger partial charge in [-0.3, -0.25) is 14.9 Å². The lowest BCUT2D eigenvalue weighted by molar-refractivity contribution is -0.149. The lowest BCUT2D eigenvalue weighted by Gasteiger charge is -2.17. The minimum absolute atomic E-state index is 0.172. The van der Waals surface area contributed by atoms with Crippen molar-refractivity contribution >= 4 is 17.9 Å². The Labute approximate surface area is 116 Å². The van der Waals surface area contributed by atoms with Gasteiger partial charge in [-0.25, -0.2) is 9.78 Å². The first-order valence-corrected chi connectivity index (χ1v) is 5.99. The molecule has 110 valence electrons. The molecule has 0 aliphatic carbocycles. The standard InChI is InChI=1S/C12H18N4O4/c1-12(2,10(18)19)6-9(17)15-11(20)14-7-8-13-4-5-16(8)3/h4-5H,6-7H2,1-3H3,(H,18,19)(H2,14,15,17,20). The number of carboxylic acid groups (broad SMARTS) is 1. The van der Waals surface area contributed by atoms with E-state index in [2.05, 4.69) is 15.6 Å². The van der Waals surface area contributed by atoms with Crippen LogP contribution in [0.5, 0.6) is 0 Å². The van der Waals surface area contributed by atoms with Crippen LogP contribution in [0, 0.1) is 5.41 Å². The number of carboxylic acids is 1. The zero-order valence-electron chi connectivity index (χ0n) is 11.6. The summed E-state index contributed by atoms with van der Waals surface area (Å²) in [5.74, 6) is -1.10. The molecule has 1 rings (SSSR count). The fourth-order valence-corrected chi connectivity index (χ4v) is 1.42. The average molecular weight is 282 g/mol. The van der Waals surface area contributed by atoms with E-state index in [-0.39, 0.29) is 13.0 Å². The van der Waals surface area contributed by atoms with Crippen molar-refractivity contribution in [2.24, 2.45) is 12.5 Å². The van der Waals surface area contributed by atoms with Crippen molar-refractivity contribution in [3.63, 3.8) is 0 Å². The molecule has 20 heavy (non-hydrogen) atoms. The maximum Gasteiger partial charge on any atom is 0.321 e. The molecule has 0 saturated heterocycles. The summed E-state index contributed by atoms with van der Waals surface area (Å²) < 4.78 is 1.73. The third-order valence-corrected chi connectivity index (χ3v) is 2.76. The van der Waals surface area contributed by atoms with E-state index in [0.717, 1.165) is 0 Å². The van der Waals surface area contributed by atoms with Crippen LogP contribution >= 0.6 is 0 Å². The van der Waals surface area contributed by atoms with Crippen molar-refractivity contribution in [1.29, 1.82) is 0 Å². The Hall–Kier alpha value is -2.38. The summed E-state index contributed by atoms with van der Waals surface area (Å²) in [6.07, 6.45) is 3.04. The van der Waals surface area contributed by atoms with Gasteiger partial charge in [0.05, 0.1) is 12.0 Å². The van der Waals surface area contributed by atoms with E-state index < -0.39 is 23.3 Å². The summed E-state index contributed by atoms with van der Waals surface area (Å²) in [5, 5.41) is 13.4. The van der Waals surface area contributed by atoms with Gasteiger partial charge in [0.15, 0.2) is 0 Å². The number of imide groups is 1. The maximum atomic E-state index is 11.5. The second-order valence-corrected chi connectivity index (χ2v) is 5.05. The molecule has 0 radical (unpaired) electrons. The van der Waals surface area contributed by atoms with E-state index >= 15 is 0 Å². The predicted molar refractivity (Wildman–Crippen MR) is 69.6 cm³/mol. The number of aliphatic carboxylic acids is 1. The molecule has 0 unspecified atom stereocenters. The number of hydrogen-bond donors (Lipinski definition) is 3. The van der Waals surface area contributed by atoms with Gasteiger partial charge in [0, 0.05) is 25.9 Å². The number of nitrogens with zero attached hydrogens (tertiary/aromatic N) is 2. The number of aromatic nitrogens is 2. The molecule has 8 nitrogen and oxygen atoms in total. The van der Waals surface area contributed by atoms with E-state index in [0.29, 0.717) is 5.82 Å². The number of imidazole rings is 1. The van der Waals surface area contributed by atoms with Crippen molar-refractivity contribution in [2.75, 3.05) is 0 Å². The van der Waals surface area contributed by atoms with Crippen LogP contribution in [0.25, 0.3) is 0 Å². The molecule has 1 aromatic heterocycles. The number of aryl methyl sites for hydroxylation is 1. The van der Waals surface area contributed by atoms with Crippen molar-refractivity contribution < 1.29 is 19.5 Å². The van der Waals surface area contributed by atoms with Crippen LogP contribution in [0.2, 0.25) is 0 Å². The average Bonchev–Trinajstić information content (AvgIpc) is 2.71. The highest BCUT2D eigenvalue weighted by molar-refractivity contribution is 5.96. The van der Waals surface area contributed by atoms with Crippen LogP contribution in [-0.2, 0) is 23.2 Å². The number of carbonyl (C=O) groups is 3. The van der Waals surface area contributed by atoms with E-state index in [1.165, 1.54) is 13.8 Å². The van der Waals surface area contributed by atoms with Gasteiger partial charge in [-0.2, -0.15) is 0 Å². The molecular formula is C12H18N4O4. The SMILES string of the molecule is Cn1ccnc1CNC(=O)NC(=O)CC(C)(C)C(=O)O. The zero-order valence-corrected chi connectivity index (χ0v) is 11.6. The molecule has 0 aliphatic heterocycles. The highest BCUT2D eigenvalue weighted by atomic mass is 16.4. The zero-order chi connectivity index (χ0) is 15.3. The maximum absolute atomic E-state index is 11.5. The first kappa shape index (κ1) is 15.7. The summed E-state index contributed by atoms with van der Waals surface area (Å²) in [4.78, 5) is 37.9. The number of nitrogens with one attached hydrogen (secondary N) is 2. The molecule has 0 aliphatic rings. The summed E-state index contributed by atoms with van der Waals surface area (Å²) >= 11 is 0. The third-order valence-electron chi connectivity index (χ3n) is 2.76. The number of carbonyl (C=O) groups excluding carboxylic acids is 2. The van der Waals surface area contributed by atoms with Gasteiger partial charge in [0.1, 0.15) is 5.82 Å². The Bertz CT molecular complexity index is 521. The molecule has 0 fully saturated rings. The smallest absolute Gasteiger partial charge is 0.321 e. The van der Waals surface area contributed by atoms with Gasteiger partial charge in [0.2, 0.25) is 5.91 Å². The predicted octanol–water partition coefficient (Wildman–Crippen LogP) is 0.247. The summed E-state index contributed by atoms with van der Waals surface area (Å²) in [5.41, 5.74) is -1.22. The van der Waals surface area contributed by atoms with Gasteiger partial charge in [-0.05, 0) is 13.8 Å². The molecule has 0 bridgehead atoms. The van der Waals surface area contributed by atoms with Crippen molar-refractivity contribution in [1.82, 2.24) is 20.2 Å². The van der Waals surface area contributed by atoms with Gasteiger partial charge < -0.3 is 15.0 Å². The first-order chi connectivity index (χ1) is 9.22. The fraction of sp³-hybridized carbons (Fsp3) is 0.500. The molecule has 0 atom stereocenters. The minimum atomic E-state index is -1.22.